The van der Waals surface area contributed by atoms with E-state index in [4.69, 9.17) is 4.74 Å². The Balaban J connectivity index is 3.14. The van der Waals surface area contributed by atoms with Gasteiger partial charge in [0, 0.05) is 3.57 Å². The monoisotopic (exact) mass is 429 g/mol. The highest BCUT2D eigenvalue weighted by molar-refractivity contribution is 14.1. The van der Waals surface area contributed by atoms with Crippen molar-refractivity contribution < 1.29 is 9.53 Å². The maximum absolute atomic E-state index is 12.8. The van der Waals surface area contributed by atoms with Gasteiger partial charge in [-0.1, -0.05) is 44.2 Å². The van der Waals surface area contributed by atoms with Gasteiger partial charge in [0.25, 0.3) is 0 Å². The molecule has 3 nitrogen and oxygen atoms in total. The quantitative estimate of drug-likeness (QED) is 0.449. The Morgan fingerprint density at radius 1 is 1.30 bits per heavy atom. The van der Waals surface area contributed by atoms with Gasteiger partial charge >= 0.3 is 6.09 Å². The lowest BCUT2D eigenvalue weighted by atomic mass is 10.0. The van der Waals surface area contributed by atoms with Gasteiger partial charge < -0.3 is 4.74 Å². The van der Waals surface area contributed by atoms with Crippen LogP contribution in [-0.2, 0) is 11.3 Å². The lowest BCUT2D eigenvalue weighted by Gasteiger charge is -2.34. The largest absolute Gasteiger partial charge is 0.444 e. The van der Waals surface area contributed by atoms with E-state index in [-0.39, 0.29) is 12.1 Å². The van der Waals surface area contributed by atoms with Crippen LogP contribution in [0.4, 0.5) is 4.79 Å². The molecule has 0 bridgehead atoms. The third kappa shape index (κ3) is 6.53. The molecular formula is C19H28INO2. The Bertz CT molecular complexity index is 547. The predicted molar refractivity (Wildman–Crippen MR) is 104 cm³/mol. The first-order valence-electron chi connectivity index (χ1n) is 8.01. The molecule has 128 valence electrons. The van der Waals surface area contributed by atoms with Crippen molar-refractivity contribution in [1.29, 1.82) is 0 Å². The van der Waals surface area contributed by atoms with Gasteiger partial charge in [0.1, 0.15) is 5.60 Å². The third-order valence-corrected chi connectivity index (χ3v) is 4.41. The Kier molecular flexibility index (Phi) is 7.58. The summed E-state index contributed by atoms with van der Waals surface area (Å²) in [5.41, 5.74) is 0.630. The van der Waals surface area contributed by atoms with E-state index in [1.165, 1.54) is 0 Å². The van der Waals surface area contributed by atoms with Crippen LogP contribution in [0.15, 0.2) is 36.4 Å². The van der Waals surface area contributed by atoms with Crippen LogP contribution in [0.5, 0.6) is 0 Å². The van der Waals surface area contributed by atoms with E-state index in [2.05, 4.69) is 54.6 Å². The average Bonchev–Trinajstić information content (AvgIpc) is 2.42. The molecule has 1 aromatic rings. The van der Waals surface area contributed by atoms with Gasteiger partial charge in [0.15, 0.2) is 0 Å². The summed E-state index contributed by atoms with van der Waals surface area (Å²) >= 11 is 2.31. The van der Waals surface area contributed by atoms with E-state index >= 15 is 0 Å². The second-order valence-electron chi connectivity index (χ2n) is 6.96. The first-order chi connectivity index (χ1) is 10.7. The van der Waals surface area contributed by atoms with E-state index in [0.717, 1.165) is 9.13 Å². The highest BCUT2D eigenvalue weighted by Gasteiger charge is 2.29. The first kappa shape index (κ1) is 20.0. The summed E-state index contributed by atoms with van der Waals surface area (Å²) in [6, 6.07) is 8.14. The number of benzene rings is 1. The van der Waals surface area contributed by atoms with Gasteiger partial charge in [-0.15, -0.1) is 0 Å². The number of halogens is 1. The van der Waals surface area contributed by atoms with Crippen LogP contribution in [-0.4, -0.2) is 22.6 Å². The lowest BCUT2D eigenvalue weighted by molar-refractivity contribution is 0.0140. The fraction of sp³-hybridized carbons (Fsp3) is 0.526. The van der Waals surface area contributed by atoms with Crippen LogP contribution >= 0.6 is 22.6 Å². The number of carbonyl (C=O) groups excluding carboxylic acids is 1. The second-order valence-corrected chi connectivity index (χ2v) is 8.12. The summed E-state index contributed by atoms with van der Waals surface area (Å²) in [6.45, 7) is 12.5. The van der Waals surface area contributed by atoms with E-state index in [1.54, 1.807) is 0 Å². The van der Waals surface area contributed by atoms with Gasteiger partial charge in [-0.05, 0) is 67.8 Å². The molecule has 0 radical (unpaired) electrons. The normalized spacial score (nSPS) is 13.4. The Labute approximate surface area is 154 Å². The zero-order valence-electron chi connectivity index (χ0n) is 15.0. The van der Waals surface area contributed by atoms with Gasteiger partial charge in [0.05, 0.1) is 12.6 Å². The van der Waals surface area contributed by atoms with Crippen molar-refractivity contribution in [2.75, 3.05) is 0 Å². The number of nitrogens with zero attached hydrogens (tertiary/aromatic N) is 1. The molecule has 0 saturated heterocycles. The summed E-state index contributed by atoms with van der Waals surface area (Å²) in [5, 5.41) is 0. The zero-order valence-corrected chi connectivity index (χ0v) is 17.1. The van der Waals surface area contributed by atoms with Crippen LogP contribution in [0, 0.1) is 9.49 Å². The number of ether oxygens (including phenoxy) is 1. The molecule has 0 heterocycles. The minimum absolute atomic E-state index is 0.00542. The van der Waals surface area contributed by atoms with Crippen molar-refractivity contribution in [3.63, 3.8) is 0 Å². The minimum atomic E-state index is -0.503. The molecule has 0 aliphatic carbocycles. The molecule has 0 aliphatic heterocycles. The van der Waals surface area contributed by atoms with E-state index in [0.29, 0.717) is 12.5 Å². The number of allylic oxidation sites excluding steroid dienone is 1. The van der Waals surface area contributed by atoms with E-state index in [1.807, 2.05) is 50.8 Å². The summed E-state index contributed by atoms with van der Waals surface area (Å²) in [7, 11) is 0. The summed E-state index contributed by atoms with van der Waals surface area (Å²) in [6.07, 6.45) is 3.80. The molecule has 1 amide bonds. The van der Waals surface area contributed by atoms with Crippen molar-refractivity contribution in [3.8, 4) is 0 Å². The molecule has 0 N–H and O–H groups in total. The number of amides is 1. The van der Waals surface area contributed by atoms with Gasteiger partial charge in [-0.2, -0.15) is 0 Å². The zero-order chi connectivity index (χ0) is 17.6. The summed E-state index contributed by atoms with van der Waals surface area (Å²) in [5.74, 6) is 0.306. The van der Waals surface area contributed by atoms with E-state index < -0.39 is 5.60 Å². The molecule has 0 fully saturated rings. The van der Waals surface area contributed by atoms with Crippen LogP contribution < -0.4 is 0 Å². The topological polar surface area (TPSA) is 29.5 Å². The second kappa shape index (κ2) is 8.71. The van der Waals surface area contributed by atoms with Crippen molar-refractivity contribution in [3.05, 3.63) is 45.6 Å². The van der Waals surface area contributed by atoms with Gasteiger partial charge in [-0.3, -0.25) is 4.90 Å². The smallest absolute Gasteiger partial charge is 0.411 e. The van der Waals surface area contributed by atoms with E-state index in [9.17, 15) is 4.79 Å². The van der Waals surface area contributed by atoms with Crippen molar-refractivity contribution in [2.45, 2.75) is 59.7 Å². The van der Waals surface area contributed by atoms with Crippen LogP contribution in [0.3, 0.4) is 0 Å². The van der Waals surface area contributed by atoms with Crippen molar-refractivity contribution >= 4 is 28.7 Å². The highest BCUT2D eigenvalue weighted by Crippen LogP contribution is 2.22. The third-order valence-electron chi connectivity index (χ3n) is 3.36. The molecule has 1 atom stereocenters. The Hall–Kier alpha value is -1.04. The maximum atomic E-state index is 12.8. The number of hydrogen-bond acceptors (Lipinski definition) is 2. The molecule has 0 saturated carbocycles. The Morgan fingerprint density at radius 2 is 1.91 bits per heavy atom. The fourth-order valence-corrected chi connectivity index (χ4v) is 2.86. The molecule has 0 aromatic heterocycles. The van der Waals surface area contributed by atoms with Crippen LogP contribution in [0.2, 0.25) is 0 Å². The Morgan fingerprint density at radius 3 is 2.39 bits per heavy atom. The summed E-state index contributed by atoms with van der Waals surface area (Å²) < 4.78 is 6.79. The molecule has 1 aromatic carbocycles. The van der Waals surface area contributed by atoms with Crippen LogP contribution in [0.1, 0.15) is 47.1 Å². The molecule has 0 unspecified atom stereocenters. The number of carbonyl (C=O) groups is 1. The van der Waals surface area contributed by atoms with Crippen molar-refractivity contribution in [1.82, 2.24) is 4.90 Å². The van der Waals surface area contributed by atoms with Crippen LogP contribution in [0.25, 0.3) is 0 Å². The standard InChI is InChI=1S/C19H28INO2/c1-7-10-17(14(2)3)21(18(22)23-19(4,5)6)13-15-11-8-9-12-16(15)20/h7-12,14,17H,13H2,1-6H3/t17-/m1/s1. The average molecular weight is 429 g/mol. The van der Waals surface area contributed by atoms with Gasteiger partial charge in [0.2, 0.25) is 0 Å². The maximum Gasteiger partial charge on any atom is 0.411 e. The highest BCUT2D eigenvalue weighted by atomic mass is 127. The van der Waals surface area contributed by atoms with Crippen molar-refractivity contribution in [2.24, 2.45) is 5.92 Å². The molecule has 1 rings (SSSR count). The number of rotatable bonds is 5. The number of hydrogen-bond donors (Lipinski definition) is 0. The SMILES string of the molecule is CC=C[C@H](C(C)C)N(Cc1ccccc1I)C(=O)OC(C)(C)C. The molecule has 0 aliphatic rings. The molecule has 23 heavy (non-hydrogen) atoms. The van der Waals surface area contributed by atoms with Gasteiger partial charge in [-0.25, -0.2) is 4.79 Å². The molecular weight excluding hydrogens is 401 g/mol. The first-order valence-corrected chi connectivity index (χ1v) is 9.09. The fourth-order valence-electron chi connectivity index (χ4n) is 2.31. The predicted octanol–water partition coefficient (Wildman–Crippen LogP) is 5.63. The lowest BCUT2D eigenvalue weighted by Crippen LogP contribution is -2.44. The summed E-state index contributed by atoms with van der Waals surface area (Å²) in [4.78, 5) is 14.6. The minimum Gasteiger partial charge on any atom is -0.444 e. The molecule has 0 spiro atoms. The molecule has 4 heteroatoms.